The Balaban J connectivity index is 1.35. The fourth-order valence-corrected chi connectivity index (χ4v) is 4.63. The molecule has 1 fully saturated rings. The molecule has 6 nitrogen and oxygen atoms in total. The lowest BCUT2D eigenvalue weighted by Gasteiger charge is -2.18. The minimum absolute atomic E-state index is 0.0192. The lowest BCUT2D eigenvalue weighted by Crippen LogP contribution is -2.24. The Morgan fingerprint density at radius 3 is 2.69 bits per heavy atom. The van der Waals surface area contributed by atoms with Gasteiger partial charge in [0, 0.05) is 37.2 Å². The number of anilines is 1. The van der Waals surface area contributed by atoms with Crippen LogP contribution in [0, 0.1) is 6.92 Å². The van der Waals surface area contributed by atoms with E-state index in [0.29, 0.717) is 18.7 Å². The zero-order chi connectivity index (χ0) is 21.7. The van der Waals surface area contributed by atoms with Crippen LogP contribution in [0.4, 0.5) is 5.69 Å². The third-order valence-electron chi connectivity index (χ3n) is 6.30. The van der Waals surface area contributed by atoms with Crippen LogP contribution in [0.5, 0.6) is 11.5 Å². The molecule has 2 aliphatic rings. The Hall–Kier alpha value is -3.80. The first-order valence-electron chi connectivity index (χ1n) is 10.9. The summed E-state index contributed by atoms with van der Waals surface area (Å²) in [7, 11) is 0. The highest BCUT2D eigenvalue weighted by molar-refractivity contribution is 5.97. The summed E-state index contributed by atoms with van der Waals surface area (Å²) in [5, 5.41) is 0. The van der Waals surface area contributed by atoms with E-state index in [-0.39, 0.29) is 18.6 Å². The quantitative estimate of drug-likeness (QED) is 0.478. The van der Waals surface area contributed by atoms with Gasteiger partial charge in [-0.1, -0.05) is 42.0 Å². The van der Waals surface area contributed by atoms with E-state index in [9.17, 15) is 4.79 Å². The molecule has 0 N–H and O–H groups in total. The molecule has 0 spiro atoms. The molecule has 3 aromatic carbocycles. The molecule has 0 saturated carbocycles. The molecule has 1 atom stereocenters. The summed E-state index contributed by atoms with van der Waals surface area (Å²) in [6.45, 7) is 3.63. The number of aryl methyl sites for hydroxylation is 1. The summed E-state index contributed by atoms with van der Waals surface area (Å²) in [4.78, 5) is 19.8. The first kappa shape index (κ1) is 18.9. The Morgan fingerprint density at radius 2 is 1.81 bits per heavy atom. The van der Waals surface area contributed by atoms with E-state index in [1.54, 1.807) is 0 Å². The van der Waals surface area contributed by atoms with E-state index in [2.05, 4.69) is 41.8 Å². The number of aromatic nitrogens is 2. The molecule has 1 saturated heterocycles. The first-order chi connectivity index (χ1) is 15.7. The van der Waals surface area contributed by atoms with Gasteiger partial charge in [-0.05, 0) is 36.8 Å². The van der Waals surface area contributed by atoms with Crippen LogP contribution in [0.3, 0.4) is 0 Å². The number of benzene rings is 3. The second kappa shape index (κ2) is 7.41. The Morgan fingerprint density at radius 1 is 1.00 bits per heavy atom. The molecule has 4 aromatic rings. The van der Waals surface area contributed by atoms with E-state index >= 15 is 0 Å². The monoisotopic (exact) mass is 425 g/mol. The van der Waals surface area contributed by atoms with Gasteiger partial charge in [-0.25, -0.2) is 4.98 Å². The summed E-state index contributed by atoms with van der Waals surface area (Å²) in [6.07, 6.45) is 0.436. The number of hydrogen-bond donors (Lipinski definition) is 0. The van der Waals surface area contributed by atoms with Crippen molar-refractivity contribution in [1.82, 2.24) is 9.55 Å². The molecular weight excluding hydrogens is 402 g/mol. The molecule has 6 rings (SSSR count). The van der Waals surface area contributed by atoms with Gasteiger partial charge in [0.2, 0.25) is 12.7 Å². The Bertz CT molecular complexity index is 1330. The largest absolute Gasteiger partial charge is 0.454 e. The van der Waals surface area contributed by atoms with Gasteiger partial charge in [0.25, 0.3) is 0 Å². The van der Waals surface area contributed by atoms with Crippen LogP contribution in [-0.4, -0.2) is 28.8 Å². The van der Waals surface area contributed by atoms with E-state index in [4.69, 9.17) is 14.5 Å². The Kier molecular flexibility index (Phi) is 4.38. The molecule has 1 aromatic heterocycles. The summed E-state index contributed by atoms with van der Waals surface area (Å²) < 4.78 is 13.2. The summed E-state index contributed by atoms with van der Waals surface area (Å²) in [6, 6.07) is 22.4. The maximum atomic E-state index is 13.0. The van der Waals surface area contributed by atoms with E-state index in [1.807, 2.05) is 41.3 Å². The minimum Gasteiger partial charge on any atom is -0.454 e. The number of nitrogens with zero attached hydrogens (tertiary/aromatic N) is 3. The molecule has 0 radical (unpaired) electrons. The van der Waals surface area contributed by atoms with Crippen molar-refractivity contribution in [1.29, 1.82) is 0 Å². The van der Waals surface area contributed by atoms with Crippen molar-refractivity contribution in [3.63, 3.8) is 0 Å². The number of carbonyl (C=O) groups is 1. The SMILES string of the molecule is Cc1ccc(Cn2c(C3CC(=O)N(c4ccc5c(c4)OCO5)C3)nc3ccccc32)cc1. The number of rotatable bonds is 4. The van der Waals surface area contributed by atoms with E-state index in [1.165, 1.54) is 11.1 Å². The summed E-state index contributed by atoms with van der Waals surface area (Å²) in [5.41, 5.74) is 5.35. The zero-order valence-corrected chi connectivity index (χ0v) is 17.8. The number of carbonyl (C=O) groups excluding carboxylic acids is 1. The molecule has 32 heavy (non-hydrogen) atoms. The fraction of sp³-hybridized carbons (Fsp3) is 0.231. The highest BCUT2D eigenvalue weighted by atomic mass is 16.7. The van der Waals surface area contributed by atoms with Crippen LogP contribution in [0.1, 0.15) is 29.3 Å². The topological polar surface area (TPSA) is 56.6 Å². The lowest BCUT2D eigenvalue weighted by molar-refractivity contribution is -0.117. The predicted molar refractivity (Wildman–Crippen MR) is 122 cm³/mol. The number of para-hydroxylation sites is 2. The first-order valence-corrected chi connectivity index (χ1v) is 10.9. The average Bonchev–Trinajstić information content (AvgIpc) is 3.52. The maximum Gasteiger partial charge on any atom is 0.231 e. The van der Waals surface area contributed by atoms with Crippen molar-refractivity contribution in [2.75, 3.05) is 18.2 Å². The number of fused-ring (bicyclic) bond motifs is 2. The number of imidazole rings is 1. The van der Waals surface area contributed by atoms with E-state index < -0.39 is 0 Å². The van der Waals surface area contributed by atoms with Crippen LogP contribution >= 0.6 is 0 Å². The summed E-state index contributed by atoms with van der Waals surface area (Å²) in [5.74, 6) is 2.49. The maximum absolute atomic E-state index is 13.0. The van der Waals surface area contributed by atoms with Gasteiger partial charge in [0.1, 0.15) is 5.82 Å². The van der Waals surface area contributed by atoms with Crippen molar-refractivity contribution in [3.05, 3.63) is 83.7 Å². The van der Waals surface area contributed by atoms with Crippen molar-refractivity contribution < 1.29 is 14.3 Å². The smallest absolute Gasteiger partial charge is 0.231 e. The molecule has 6 heteroatoms. The normalized spacial score (nSPS) is 17.5. The fourth-order valence-electron chi connectivity index (χ4n) is 4.63. The van der Waals surface area contributed by atoms with Gasteiger partial charge < -0.3 is 18.9 Å². The van der Waals surface area contributed by atoms with Crippen LogP contribution in [0.15, 0.2) is 66.7 Å². The second-order valence-corrected chi connectivity index (χ2v) is 8.47. The highest BCUT2D eigenvalue weighted by Crippen LogP contribution is 2.39. The zero-order valence-electron chi connectivity index (χ0n) is 17.8. The summed E-state index contributed by atoms with van der Waals surface area (Å²) >= 11 is 0. The van der Waals surface area contributed by atoms with E-state index in [0.717, 1.165) is 34.8 Å². The van der Waals surface area contributed by atoms with Gasteiger partial charge in [-0.3, -0.25) is 4.79 Å². The molecule has 160 valence electrons. The standard InChI is InChI=1S/C26H23N3O3/c1-17-6-8-18(9-7-17)14-29-22-5-3-2-4-21(22)27-26(29)19-12-25(30)28(15-19)20-10-11-23-24(13-20)32-16-31-23/h2-11,13,19H,12,14-16H2,1H3. The van der Waals surface area contributed by atoms with Crippen LogP contribution in [0.2, 0.25) is 0 Å². The second-order valence-electron chi connectivity index (χ2n) is 8.47. The van der Waals surface area contributed by atoms with Gasteiger partial charge in [-0.15, -0.1) is 0 Å². The van der Waals surface area contributed by atoms with Crippen molar-refractivity contribution in [2.24, 2.45) is 0 Å². The molecule has 2 aliphatic heterocycles. The van der Waals surface area contributed by atoms with Gasteiger partial charge in [0.05, 0.1) is 11.0 Å². The molecule has 0 aliphatic carbocycles. The highest BCUT2D eigenvalue weighted by Gasteiger charge is 2.35. The van der Waals surface area contributed by atoms with Crippen LogP contribution in [0.25, 0.3) is 11.0 Å². The Labute approximate surface area is 186 Å². The molecule has 1 amide bonds. The molecule has 3 heterocycles. The minimum atomic E-state index is 0.0192. The van der Waals surface area contributed by atoms with Gasteiger partial charge in [0.15, 0.2) is 11.5 Å². The van der Waals surface area contributed by atoms with Crippen LogP contribution < -0.4 is 14.4 Å². The number of amides is 1. The third kappa shape index (κ3) is 3.19. The van der Waals surface area contributed by atoms with Gasteiger partial charge >= 0.3 is 0 Å². The predicted octanol–water partition coefficient (Wildman–Crippen LogP) is 4.64. The molecule has 0 bridgehead atoms. The molecule has 1 unspecified atom stereocenters. The average molecular weight is 425 g/mol. The third-order valence-corrected chi connectivity index (χ3v) is 6.30. The van der Waals surface area contributed by atoms with Crippen molar-refractivity contribution >= 4 is 22.6 Å². The van der Waals surface area contributed by atoms with Crippen molar-refractivity contribution in [2.45, 2.75) is 25.8 Å². The van der Waals surface area contributed by atoms with Crippen LogP contribution in [-0.2, 0) is 11.3 Å². The molecular formula is C26H23N3O3. The van der Waals surface area contributed by atoms with Gasteiger partial charge in [-0.2, -0.15) is 0 Å². The lowest BCUT2D eigenvalue weighted by atomic mass is 10.1. The van der Waals surface area contributed by atoms with Crippen molar-refractivity contribution in [3.8, 4) is 11.5 Å². The number of hydrogen-bond acceptors (Lipinski definition) is 4. The number of ether oxygens (including phenoxy) is 2.